The molecule has 0 radical (unpaired) electrons. The topological polar surface area (TPSA) is 0 Å². The van der Waals surface area contributed by atoms with Crippen molar-refractivity contribution in [2.24, 2.45) is 5.92 Å². The highest BCUT2D eigenvalue weighted by molar-refractivity contribution is 5.47. The predicted octanol–water partition coefficient (Wildman–Crippen LogP) is 11.4. The number of aryl methyl sites for hydroxylation is 2. The molecule has 36 heavy (non-hydrogen) atoms. The van der Waals surface area contributed by atoms with Gasteiger partial charge in [0.05, 0.1) is 0 Å². The zero-order chi connectivity index (χ0) is 26.7. The highest BCUT2D eigenvalue weighted by Crippen LogP contribution is 2.10. The number of allylic oxidation sites excluding steroid dienone is 8. The van der Waals surface area contributed by atoms with Gasteiger partial charge in [0.15, 0.2) is 0 Å². The molecule has 0 N–H and O–H groups in total. The van der Waals surface area contributed by atoms with Crippen molar-refractivity contribution in [3.8, 4) is 0 Å². The maximum atomic E-state index is 3.69. The molecule has 0 unspecified atom stereocenters. The summed E-state index contributed by atoms with van der Waals surface area (Å²) in [4.78, 5) is 0. The zero-order valence-corrected chi connectivity index (χ0v) is 23.8. The second-order valence-corrected chi connectivity index (χ2v) is 9.00. The van der Waals surface area contributed by atoms with E-state index in [1.54, 1.807) is 0 Å². The van der Waals surface area contributed by atoms with E-state index in [2.05, 4.69) is 138 Å². The molecule has 0 atom stereocenters. The minimum atomic E-state index is 0.963. The van der Waals surface area contributed by atoms with Crippen LogP contribution in [0.15, 0.2) is 110 Å². The van der Waals surface area contributed by atoms with Crippen LogP contribution in [0.3, 0.4) is 0 Å². The summed E-state index contributed by atoms with van der Waals surface area (Å²) < 4.78 is 0. The lowest BCUT2D eigenvalue weighted by Crippen LogP contribution is -1.91. The molecule has 2 aromatic carbocycles. The van der Waals surface area contributed by atoms with Crippen molar-refractivity contribution in [1.82, 2.24) is 0 Å². The van der Waals surface area contributed by atoms with Gasteiger partial charge in [-0.25, -0.2) is 0 Å². The van der Waals surface area contributed by atoms with Gasteiger partial charge in [-0.3, -0.25) is 0 Å². The molecule has 196 valence electrons. The third-order valence-corrected chi connectivity index (χ3v) is 5.75. The summed E-state index contributed by atoms with van der Waals surface area (Å²) in [6, 6.07) is 18.9. The summed E-state index contributed by atoms with van der Waals surface area (Å²) in [6.07, 6.45) is 28.6. The summed E-state index contributed by atoms with van der Waals surface area (Å²) in [6.45, 7) is 14.9. The molecule has 0 spiro atoms. The number of benzene rings is 2. The highest BCUT2D eigenvalue weighted by Gasteiger charge is 1.95. The number of hydrogen-bond donors (Lipinski definition) is 0. The Morgan fingerprint density at radius 1 is 0.639 bits per heavy atom. The van der Waals surface area contributed by atoms with Crippen LogP contribution in [0.4, 0.5) is 0 Å². The van der Waals surface area contributed by atoms with Crippen LogP contribution in [0.5, 0.6) is 0 Å². The van der Waals surface area contributed by atoms with Gasteiger partial charge in [0.25, 0.3) is 0 Å². The molecule has 0 bridgehead atoms. The summed E-state index contributed by atoms with van der Waals surface area (Å²) in [5.74, 6) is 0.963. The normalized spacial score (nSPS) is 11.8. The second kappa shape index (κ2) is 25.2. The molecular weight excluding hydrogens is 432 g/mol. The first-order chi connectivity index (χ1) is 17.6. The van der Waals surface area contributed by atoms with E-state index in [0.717, 1.165) is 31.6 Å². The number of rotatable bonds is 7. The fourth-order valence-electron chi connectivity index (χ4n) is 3.52. The summed E-state index contributed by atoms with van der Waals surface area (Å²) in [7, 11) is 0. The lowest BCUT2D eigenvalue weighted by atomic mass is 10.0. The molecule has 0 amide bonds. The van der Waals surface area contributed by atoms with Crippen LogP contribution in [0, 0.1) is 5.92 Å². The van der Waals surface area contributed by atoms with Gasteiger partial charge >= 0.3 is 0 Å². The highest BCUT2D eigenvalue weighted by atomic mass is 14.0. The Labute approximate surface area is 224 Å². The smallest absolute Gasteiger partial charge is 0.0163 e. The van der Waals surface area contributed by atoms with E-state index in [9.17, 15) is 0 Å². The monoisotopic (exact) mass is 484 g/mol. The van der Waals surface area contributed by atoms with E-state index in [4.69, 9.17) is 0 Å². The molecule has 2 aliphatic rings. The maximum absolute atomic E-state index is 3.69. The molecule has 0 aliphatic heterocycles. The quantitative estimate of drug-likeness (QED) is 0.366. The Bertz CT molecular complexity index is 799. The van der Waals surface area contributed by atoms with E-state index in [0.29, 0.717) is 0 Å². The van der Waals surface area contributed by atoms with Gasteiger partial charge in [0, 0.05) is 0 Å². The van der Waals surface area contributed by atoms with Gasteiger partial charge in [-0.1, -0.05) is 176 Å². The van der Waals surface area contributed by atoms with Crippen LogP contribution in [-0.2, 0) is 12.8 Å². The number of hydrogen-bond acceptors (Lipinski definition) is 0. The molecule has 2 aliphatic carbocycles. The molecule has 0 fully saturated rings. The first kappa shape index (κ1) is 33.1. The van der Waals surface area contributed by atoms with E-state index >= 15 is 0 Å². The Balaban J connectivity index is 0.000000435. The molecule has 0 aromatic heterocycles. The Morgan fingerprint density at radius 2 is 1.06 bits per heavy atom. The van der Waals surface area contributed by atoms with Gasteiger partial charge in [-0.05, 0) is 48.3 Å². The lowest BCUT2D eigenvalue weighted by Gasteiger charge is -2.05. The van der Waals surface area contributed by atoms with Gasteiger partial charge in [-0.15, -0.1) is 0 Å². The molecule has 0 nitrogen and oxygen atoms in total. The van der Waals surface area contributed by atoms with Crippen LogP contribution in [0.25, 0.3) is 6.08 Å². The summed E-state index contributed by atoms with van der Waals surface area (Å²) in [5.41, 5.74) is 3.98. The van der Waals surface area contributed by atoms with E-state index < -0.39 is 0 Å². The summed E-state index contributed by atoms with van der Waals surface area (Å²) in [5, 5.41) is 0. The van der Waals surface area contributed by atoms with Gasteiger partial charge in [0.1, 0.15) is 0 Å². The fraction of sp³-hybridized carbons (Fsp3) is 0.389. The lowest BCUT2D eigenvalue weighted by molar-refractivity contribution is 0.480. The van der Waals surface area contributed by atoms with Gasteiger partial charge in [-0.2, -0.15) is 0 Å². The van der Waals surface area contributed by atoms with Crippen LogP contribution >= 0.6 is 0 Å². The minimum Gasteiger partial charge on any atom is -0.0985 e. The summed E-state index contributed by atoms with van der Waals surface area (Å²) >= 11 is 0. The second-order valence-electron chi connectivity index (χ2n) is 9.00. The van der Waals surface area contributed by atoms with Crippen LogP contribution in [0.2, 0.25) is 0 Å². The van der Waals surface area contributed by atoms with Crippen molar-refractivity contribution in [2.75, 3.05) is 0 Å². The Hall–Kier alpha value is -2.86. The fourth-order valence-corrected chi connectivity index (χ4v) is 3.52. The predicted molar refractivity (Wildman–Crippen MR) is 167 cm³/mol. The molecular formula is C36H52. The van der Waals surface area contributed by atoms with E-state index in [1.165, 1.54) is 42.4 Å². The minimum absolute atomic E-state index is 0.963. The average molecular weight is 485 g/mol. The molecule has 0 saturated carbocycles. The Kier molecular flexibility index (Phi) is 23.2. The molecule has 2 aromatic rings. The maximum Gasteiger partial charge on any atom is -0.0163 e. The van der Waals surface area contributed by atoms with E-state index in [-0.39, 0.29) is 0 Å². The SMILES string of the molecule is C1=CCC=C1.C1=CCC=C1.C=Cc1ccc(CC)cc1.CCCC(C)CCC.CCc1ccccc1. The van der Waals surface area contributed by atoms with Crippen LogP contribution in [-0.4, -0.2) is 0 Å². The molecule has 0 heteroatoms. The van der Waals surface area contributed by atoms with Crippen molar-refractivity contribution in [2.45, 2.75) is 86.0 Å². The standard InChI is InChI=1S/C10H12.C8H10.C8H18.2C5H6/c1-3-9-5-7-10(4-2)8-6-9;1-2-8-6-4-3-5-7-8;1-4-6-8(3)7-5-2;2*1-2-4-5-3-1/h3,5-8H,1,4H2,2H3;3-7H,2H2,1H3;8H,4-7H2,1-3H3;2*1-4H,5H2. The third kappa shape index (κ3) is 20.5. The first-order valence-electron chi connectivity index (χ1n) is 14.0. The molecule has 0 heterocycles. The average Bonchev–Trinajstić information content (AvgIpc) is 3.70. The van der Waals surface area contributed by atoms with Crippen molar-refractivity contribution < 1.29 is 0 Å². The van der Waals surface area contributed by atoms with Crippen molar-refractivity contribution in [1.29, 1.82) is 0 Å². The van der Waals surface area contributed by atoms with Crippen molar-refractivity contribution in [3.63, 3.8) is 0 Å². The molecule has 0 saturated heterocycles. The van der Waals surface area contributed by atoms with Gasteiger partial charge < -0.3 is 0 Å². The van der Waals surface area contributed by atoms with Crippen LogP contribution in [0.1, 0.15) is 89.8 Å². The van der Waals surface area contributed by atoms with Crippen LogP contribution < -0.4 is 0 Å². The van der Waals surface area contributed by atoms with E-state index in [1.807, 2.05) is 12.1 Å². The molecule has 4 rings (SSSR count). The largest absolute Gasteiger partial charge is 0.0985 e. The van der Waals surface area contributed by atoms with Crippen molar-refractivity contribution in [3.05, 3.63) is 126 Å². The Morgan fingerprint density at radius 3 is 1.33 bits per heavy atom. The third-order valence-electron chi connectivity index (χ3n) is 5.75. The van der Waals surface area contributed by atoms with Gasteiger partial charge in [0.2, 0.25) is 0 Å². The van der Waals surface area contributed by atoms with Crippen molar-refractivity contribution >= 4 is 6.08 Å². The zero-order valence-electron chi connectivity index (χ0n) is 23.8. The first-order valence-corrected chi connectivity index (χ1v) is 14.0.